The minimum absolute atomic E-state index is 0.0439. The summed E-state index contributed by atoms with van der Waals surface area (Å²) in [5, 5.41) is 0. The summed E-state index contributed by atoms with van der Waals surface area (Å²) < 4.78 is 27.1. The van der Waals surface area contributed by atoms with Gasteiger partial charge in [-0.1, -0.05) is 30.5 Å². The Hall–Kier alpha value is -0.910. The van der Waals surface area contributed by atoms with Crippen molar-refractivity contribution in [2.75, 3.05) is 13.1 Å². The van der Waals surface area contributed by atoms with Gasteiger partial charge in [0.05, 0.1) is 4.90 Å². The first-order valence-electron chi connectivity index (χ1n) is 6.74. The molecule has 0 aliphatic heterocycles. The third kappa shape index (κ3) is 3.35. The van der Waals surface area contributed by atoms with E-state index in [1.807, 2.05) is 19.1 Å². The molecule has 0 spiro atoms. The lowest BCUT2D eigenvalue weighted by molar-refractivity contribution is 0.309. The fraction of sp³-hybridized carbons (Fsp3) is 0.571. The van der Waals surface area contributed by atoms with Crippen molar-refractivity contribution in [3.05, 3.63) is 29.8 Å². The summed E-state index contributed by atoms with van der Waals surface area (Å²) in [5.74, 6) is 0. The van der Waals surface area contributed by atoms with E-state index >= 15 is 0 Å². The van der Waals surface area contributed by atoms with E-state index < -0.39 is 10.0 Å². The number of nitrogens with two attached hydrogens (primary N) is 1. The van der Waals surface area contributed by atoms with E-state index in [1.165, 1.54) is 0 Å². The first kappa shape index (κ1) is 14.5. The van der Waals surface area contributed by atoms with Gasteiger partial charge in [-0.3, -0.25) is 0 Å². The molecule has 1 fully saturated rings. The van der Waals surface area contributed by atoms with Gasteiger partial charge in [-0.2, -0.15) is 0 Å². The molecule has 0 aromatic heterocycles. The van der Waals surface area contributed by atoms with Crippen LogP contribution in [0.1, 0.15) is 31.2 Å². The smallest absolute Gasteiger partial charge is 0.240 e. The fourth-order valence-corrected chi connectivity index (χ4v) is 3.78. The first-order valence-corrected chi connectivity index (χ1v) is 8.22. The summed E-state index contributed by atoms with van der Waals surface area (Å²) in [5.41, 5.74) is 6.83. The molecule has 1 saturated carbocycles. The van der Waals surface area contributed by atoms with E-state index in [1.54, 1.807) is 12.1 Å². The molecule has 0 amide bonds. The maximum Gasteiger partial charge on any atom is 0.240 e. The Balaban J connectivity index is 2.07. The SMILES string of the molecule is Cc1ccc(S(=O)(=O)NCC2(CN)CCCC2)cc1. The summed E-state index contributed by atoms with van der Waals surface area (Å²) in [7, 11) is -3.42. The zero-order chi connectivity index (χ0) is 13.9. The molecular formula is C14H22N2O2S. The molecule has 1 aromatic rings. The van der Waals surface area contributed by atoms with E-state index in [9.17, 15) is 8.42 Å². The fourth-order valence-electron chi connectivity index (χ4n) is 2.63. The maximum absolute atomic E-state index is 12.2. The summed E-state index contributed by atoms with van der Waals surface area (Å²) in [6, 6.07) is 6.90. The lowest BCUT2D eigenvalue weighted by atomic mass is 9.87. The van der Waals surface area contributed by atoms with Crippen molar-refractivity contribution in [1.29, 1.82) is 0 Å². The zero-order valence-corrected chi connectivity index (χ0v) is 12.2. The molecule has 5 heteroatoms. The average molecular weight is 282 g/mol. The van der Waals surface area contributed by atoms with Crippen molar-refractivity contribution >= 4 is 10.0 Å². The molecule has 3 N–H and O–H groups in total. The van der Waals surface area contributed by atoms with E-state index in [0.29, 0.717) is 18.0 Å². The Morgan fingerprint density at radius 2 is 1.79 bits per heavy atom. The van der Waals surface area contributed by atoms with Gasteiger partial charge in [0.1, 0.15) is 0 Å². The highest BCUT2D eigenvalue weighted by Gasteiger charge is 2.33. The van der Waals surface area contributed by atoms with Crippen LogP contribution < -0.4 is 10.5 Å². The van der Waals surface area contributed by atoms with Crippen LogP contribution in [-0.2, 0) is 10.0 Å². The van der Waals surface area contributed by atoms with Crippen LogP contribution in [0.5, 0.6) is 0 Å². The van der Waals surface area contributed by atoms with Gasteiger partial charge in [0.2, 0.25) is 10.0 Å². The summed E-state index contributed by atoms with van der Waals surface area (Å²) in [4.78, 5) is 0.322. The number of hydrogen-bond donors (Lipinski definition) is 2. The van der Waals surface area contributed by atoms with Crippen LogP contribution >= 0.6 is 0 Å². The molecule has 0 heterocycles. The quantitative estimate of drug-likeness (QED) is 0.865. The summed E-state index contributed by atoms with van der Waals surface area (Å²) in [6.07, 6.45) is 4.31. The number of aryl methyl sites for hydroxylation is 1. The topological polar surface area (TPSA) is 72.2 Å². The van der Waals surface area contributed by atoms with Crippen LogP contribution in [-0.4, -0.2) is 21.5 Å². The van der Waals surface area contributed by atoms with Gasteiger partial charge in [0.25, 0.3) is 0 Å². The van der Waals surface area contributed by atoms with Crippen molar-refractivity contribution in [2.45, 2.75) is 37.5 Å². The number of hydrogen-bond acceptors (Lipinski definition) is 3. The predicted molar refractivity (Wildman–Crippen MR) is 76.3 cm³/mol. The normalized spacial score (nSPS) is 18.6. The number of rotatable bonds is 5. The Morgan fingerprint density at radius 1 is 1.21 bits per heavy atom. The molecule has 4 nitrogen and oxygen atoms in total. The second-order valence-corrected chi connectivity index (χ2v) is 7.32. The van der Waals surface area contributed by atoms with Crippen molar-refractivity contribution < 1.29 is 8.42 Å². The van der Waals surface area contributed by atoms with Crippen LogP contribution in [0.3, 0.4) is 0 Å². The molecule has 0 radical (unpaired) electrons. The third-order valence-corrected chi connectivity index (χ3v) is 5.48. The lowest BCUT2D eigenvalue weighted by Crippen LogP contribution is -2.40. The van der Waals surface area contributed by atoms with Crippen molar-refractivity contribution in [2.24, 2.45) is 11.1 Å². The Bertz CT molecular complexity index is 517. The van der Waals surface area contributed by atoms with E-state index in [-0.39, 0.29) is 5.41 Å². The molecule has 1 aliphatic rings. The Labute approximate surface area is 115 Å². The molecule has 0 bridgehead atoms. The van der Waals surface area contributed by atoms with Crippen LogP contribution in [0.4, 0.5) is 0 Å². The minimum atomic E-state index is -3.42. The second kappa shape index (κ2) is 5.61. The van der Waals surface area contributed by atoms with Gasteiger partial charge in [-0.05, 0) is 43.9 Å². The Morgan fingerprint density at radius 3 is 2.32 bits per heavy atom. The van der Waals surface area contributed by atoms with Gasteiger partial charge in [0, 0.05) is 6.54 Å². The molecule has 106 valence electrons. The van der Waals surface area contributed by atoms with Crippen LogP contribution in [0.15, 0.2) is 29.2 Å². The first-order chi connectivity index (χ1) is 8.97. The van der Waals surface area contributed by atoms with E-state index in [0.717, 1.165) is 31.2 Å². The molecule has 0 atom stereocenters. The second-order valence-electron chi connectivity index (χ2n) is 5.55. The highest BCUT2D eigenvalue weighted by Crippen LogP contribution is 2.36. The van der Waals surface area contributed by atoms with Gasteiger partial charge in [-0.25, -0.2) is 13.1 Å². The van der Waals surface area contributed by atoms with Gasteiger partial charge in [-0.15, -0.1) is 0 Å². The summed E-state index contributed by atoms with van der Waals surface area (Å²) in [6.45, 7) is 2.93. The van der Waals surface area contributed by atoms with Crippen molar-refractivity contribution in [3.8, 4) is 0 Å². The van der Waals surface area contributed by atoms with Gasteiger partial charge >= 0.3 is 0 Å². The van der Waals surface area contributed by atoms with Gasteiger partial charge < -0.3 is 5.73 Å². The molecule has 19 heavy (non-hydrogen) atoms. The van der Waals surface area contributed by atoms with Crippen LogP contribution in [0.25, 0.3) is 0 Å². The monoisotopic (exact) mass is 282 g/mol. The molecular weight excluding hydrogens is 260 g/mol. The third-order valence-electron chi connectivity index (χ3n) is 4.07. The van der Waals surface area contributed by atoms with E-state index in [4.69, 9.17) is 5.73 Å². The van der Waals surface area contributed by atoms with Crippen LogP contribution in [0, 0.1) is 12.3 Å². The van der Waals surface area contributed by atoms with Gasteiger partial charge in [0.15, 0.2) is 0 Å². The number of sulfonamides is 1. The average Bonchev–Trinajstić information content (AvgIpc) is 2.87. The number of nitrogens with one attached hydrogen (secondary N) is 1. The molecule has 1 aliphatic carbocycles. The maximum atomic E-state index is 12.2. The highest BCUT2D eigenvalue weighted by atomic mass is 32.2. The minimum Gasteiger partial charge on any atom is -0.330 e. The molecule has 0 saturated heterocycles. The largest absolute Gasteiger partial charge is 0.330 e. The summed E-state index contributed by atoms with van der Waals surface area (Å²) >= 11 is 0. The highest BCUT2D eigenvalue weighted by molar-refractivity contribution is 7.89. The van der Waals surface area contributed by atoms with Crippen LogP contribution in [0.2, 0.25) is 0 Å². The van der Waals surface area contributed by atoms with Crippen molar-refractivity contribution in [3.63, 3.8) is 0 Å². The van der Waals surface area contributed by atoms with Crippen molar-refractivity contribution in [1.82, 2.24) is 4.72 Å². The lowest BCUT2D eigenvalue weighted by Gasteiger charge is -2.27. The zero-order valence-electron chi connectivity index (χ0n) is 11.4. The Kier molecular flexibility index (Phi) is 4.28. The molecule has 2 rings (SSSR count). The molecule has 1 aromatic carbocycles. The standard InChI is InChI=1S/C14H22N2O2S/c1-12-4-6-13(7-5-12)19(17,18)16-11-14(10-15)8-2-3-9-14/h4-7,16H,2-3,8-11,15H2,1H3. The number of benzene rings is 1. The predicted octanol–water partition coefficient (Wildman–Crippen LogP) is 1.79. The molecule has 0 unspecified atom stereocenters. The van der Waals surface area contributed by atoms with E-state index in [2.05, 4.69) is 4.72 Å².